The second kappa shape index (κ2) is 5.59. The summed E-state index contributed by atoms with van der Waals surface area (Å²) in [6, 6.07) is 5.91. The number of methoxy groups -OCH3 is 1. The number of hydrogen-bond acceptors (Lipinski definition) is 4. The third-order valence-corrected chi connectivity index (χ3v) is 3.21. The molecule has 1 aliphatic heterocycles. The van der Waals surface area contributed by atoms with Crippen LogP contribution in [0.15, 0.2) is 18.2 Å². The van der Waals surface area contributed by atoms with E-state index in [1.54, 1.807) is 7.11 Å². The number of amides is 1. The van der Waals surface area contributed by atoms with Gasteiger partial charge in [0.15, 0.2) is 6.61 Å². The third-order valence-electron chi connectivity index (χ3n) is 3.21. The van der Waals surface area contributed by atoms with Crippen molar-refractivity contribution < 1.29 is 14.3 Å². The van der Waals surface area contributed by atoms with E-state index in [4.69, 9.17) is 9.47 Å². The van der Waals surface area contributed by atoms with Crippen LogP contribution in [0.1, 0.15) is 19.4 Å². The molecule has 0 spiro atoms. The van der Waals surface area contributed by atoms with Crippen LogP contribution in [0.5, 0.6) is 5.75 Å². The van der Waals surface area contributed by atoms with Crippen molar-refractivity contribution in [2.75, 3.05) is 32.3 Å². The lowest BCUT2D eigenvalue weighted by atomic mass is 9.84. The van der Waals surface area contributed by atoms with Gasteiger partial charge in [0.2, 0.25) is 0 Å². The Morgan fingerprint density at radius 1 is 1.47 bits per heavy atom. The van der Waals surface area contributed by atoms with Crippen molar-refractivity contribution in [3.8, 4) is 5.75 Å². The summed E-state index contributed by atoms with van der Waals surface area (Å²) < 4.78 is 10.3. The van der Waals surface area contributed by atoms with Crippen LogP contribution in [0.3, 0.4) is 0 Å². The van der Waals surface area contributed by atoms with Crippen LogP contribution in [-0.2, 0) is 14.9 Å². The molecule has 1 amide bonds. The summed E-state index contributed by atoms with van der Waals surface area (Å²) in [7, 11) is 1.66. The summed E-state index contributed by atoms with van der Waals surface area (Å²) in [5.41, 5.74) is 1.82. The Hall–Kier alpha value is -1.59. The number of ether oxygens (including phenoxy) is 2. The number of fused-ring (bicyclic) bond motifs is 1. The molecule has 0 saturated heterocycles. The molecule has 0 unspecified atom stereocenters. The zero-order chi connectivity index (χ0) is 13.9. The Balaban J connectivity index is 2.16. The fourth-order valence-electron chi connectivity index (χ4n) is 2.07. The van der Waals surface area contributed by atoms with Crippen LogP contribution >= 0.6 is 0 Å². The Labute approximate surface area is 113 Å². The predicted octanol–water partition coefficient (Wildman–Crippen LogP) is 1.49. The minimum Gasteiger partial charge on any atom is -0.482 e. The number of anilines is 1. The van der Waals surface area contributed by atoms with E-state index in [1.807, 2.05) is 18.2 Å². The van der Waals surface area contributed by atoms with Gasteiger partial charge in [0, 0.05) is 19.1 Å². The summed E-state index contributed by atoms with van der Waals surface area (Å²) in [6.45, 7) is 5.68. The normalized spacial score (nSPS) is 14.6. The lowest BCUT2D eigenvalue weighted by molar-refractivity contribution is -0.118. The molecule has 0 atom stereocenters. The summed E-state index contributed by atoms with van der Waals surface area (Å²) in [5.74, 6) is 0.615. The smallest absolute Gasteiger partial charge is 0.262 e. The molecule has 0 fully saturated rings. The van der Waals surface area contributed by atoms with E-state index in [1.165, 1.54) is 0 Å². The van der Waals surface area contributed by atoms with E-state index in [2.05, 4.69) is 24.5 Å². The first kappa shape index (κ1) is 13.8. The van der Waals surface area contributed by atoms with E-state index >= 15 is 0 Å². The van der Waals surface area contributed by atoms with Gasteiger partial charge < -0.3 is 14.8 Å². The van der Waals surface area contributed by atoms with E-state index in [-0.39, 0.29) is 17.9 Å². The Kier molecular flexibility index (Phi) is 4.07. The van der Waals surface area contributed by atoms with Crippen LogP contribution in [0, 0.1) is 0 Å². The minimum absolute atomic E-state index is 0.0598. The standard InChI is InChI=1S/C14H20N2O3/c1-14(2,8-15-9-18-3)10-4-5-12-11(6-10)16-13(17)7-19-12/h4-6,15H,7-9H2,1-3H3,(H,16,17). The van der Waals surface area contributed by atoms with Gasteiger partial charge in [-0.15, -0.1) is 0 Å². The Bertz CT molecular complexity index is 472. The molecule has 1 aromatic rings. The lowest BCUT2D eigenvalue weighted by Gasteiger charge is -2.27. The summed E-state index contributed by atoms with van der Waals surface area (Å²) >= 11 is 0. The van der Waals surface area contributed by atoms with Gasteiger partial charge in [-0.25, -0.2) is 0 Å². The SMILES string of the molecule is COCNCC(C)(C)c1ccc2c(c1)NC(=O)CO2. The molecular weight excluding hydrogens is 244 g/mol. The van der Waals surface area contributed by atoms with Crippen LogP contribution in [0.25, 0.3) is 0 Å². The molecule has 0 aliphatic carbocycles. The molecular formula is C14H20N2O3. The molecule has 2 N–H and O–H groups in total. The molecule has 104 valence electrons. The topological polar surface area (TPSA) is 59.6 Å². The van der Waals surface area contributed by atoms with E-state index in [0.29, 0.717) is 6.73 Å². The highest BCUT2D eigenvalue weighted by Gasteiger charge is 2.23. The molecule has 0 radical (unpaired) electrons. The van der Waals surface area contributed by atoms with Crippen LogP contribution < -0.4 is 15.4 Å². The van der Waals surface area contributed by atoms with Crippen molar-refractivity contribution in [3.63, 3.8) is 0 Å². The summed E-state index contributed by atoms with van der Waals surface area (Å²) in [5, 5.41) is 6.05. The first-order valence-electron chi connectivity index (χ1n) is 6.30. The highest BCUT2D eigenvalue weighted by atomic mass is 16.5. The van der Waals surface area contributed by atoms with Crippen molar-refractivity contribution in [2.45, 2.75) is 19.3 Å². The zero-order valence-electron chi connectivity index (χ0n) is 11.6. The van der Waals surface area contributed by atoms with Crippen molar-refractivity contribution >= 4 is 11.6 Å². The fraction of sp³-hybridized carbons (Fsp3) is 0.500. The van der Waals surface area contributed by atoms with Gasteiger partial charge in [-0.3, -0.25) is 10.1 Å². The minimum atomic E-state index is -0.111. The van der Waals surface area contributed by atoms with E-state index in [0.717, 1.165) is 23.5 Å². The van der Waals surface area contributed by atoms with Gasteiger partial charge in [0.05, 0.1) is 12.4 Å². The fourth-order valence-corrected chi connectivity index (χ4v) is 2.07. The second-order valence-corrected chi connectivity index (χ2v) is 5.29. The zero-order valence-corrected chi connectivity index (χ0v) is 11.6. The second-order valence-electron chi connectivity index (χ2n) is 5.29. The first-order chi connectivity index (χ1) is 9.03. The van der Waals surface area contributed by atoms with Crippen LogP contribution in [0.2, 0.25) is 0 Å². The van der Waals surface area contributed by atoms with Gasteiger partial charge >= 0.3 is 0 Å². The maximum atomic E-state index is 11.3. The van der Waals surface area contributed by atoms with Crippen LogP contribution in [0.4, 0.5) is 5.69 Å². The molecule has 0 aromatic heterocycles. The van der Waals surface area contributed by atoms with Crippen molar-refractivity contribution in [3.05, 3.63) is 23.8 Å². The van der Waals surface area contributed by atoms with Gasteiger partial charge in [-0.05, 0) is 17.7 Å². The predicted molar refractivity (Wildman–Crippen MR) is 73.5 cm³/mol. The van der Waals surface area contributed by atoms with Crippen molar-refractivity contribution in [2.24, 2.45) is 0 Å². The Morgan fingerprint density at radius 2 is 2.26 bits per heavy atom. The van der Waals surface area contributed by atoms with Gasteiger partial charge in [-0.2, -0.15) is 0 Å². The third kappa shape index (κ3) is 3.24. The Morgan fingerprint density at radius 3 is 3.00 bits per heavy atom. The van der Waals surface area contributed by atoms with E-state index in [9.17, 15) is 4.79 Å². The average molecular weight is 264 g/mol. The molecule has 19 heavy (non-hydrogen) atoms. The number of rotatable bonds is 5. The molecule has 1 heterocycles. The number of nitrogens with one attached hydrogen (secondary N) is 2. The summed E-state index contributed by atoms with van der Waals surface area (Å²) in [6.07, 6.45) is 0. The molecule has 0 bridgehead atoms. The number of benzene rings is 1. The number of hydrogen-bond donors (Lipinski definition) is 2. The molecule has 5 heteroatoms. The molecule has 2 rings (SSSR count). The van der Waals surface area contributed by atoms with Gasteiger partial charge in [-0.1, -0.05) is 19.9 Å². The molecule has 1 aliphatic rings. The summed E-state index contributed by atoms with van der Waals surface area (Å²) in [4.78, 5) is 11.3. The number of carbonyl (C=O) groups is 1. The average Bonchev–Trinajstić information content (AvgIpc) is 2.38. The van der Waals surface area contributed by atoms with Gasteiger partial charge in [0.1, 0.15) is 5.75 Å². The van der Waals surface area contributed by atoms with Crippen molar-refractivity contribution in [1.29, 1.82) is 0 Å². The van der Waals surface area contributed by atoms with Crippen molar-refractivity contribution in [1.82, 2.24) is 5.32 Å². The van der Waals surface area contributed by atoms with Gasteiger partial charge in [0.25, 0.3) is 5.91 Å². The molecule has 5 nitrogen and oxygen atoms in total. The van der Waals surface area contributed by atoms with E-state index < -0.39 is 0 Å². The van der Waals surface area contributed by atoms with Crippen LogP contribution in [-0.4, -0.2) is 32.9 Å². The lowest BCUT2D eigenvalue weighted by Crippen LogP contribution is -2.34. The largest absolute Gasteiger partial charge is 0.482 e. The first-order valence-corrected chi connectivity index (χ1v) is 6.30. The quantitative estimate of drug-likeness (QED) is 0.625. The number of carbonyl (C=O) groups excluding carboxylic acids is 1. The monoisotopic (exact) mass is 264 g/mol. The molecule has 1 aromatic carbocycles. The highest BCUT2D eigenvalue weighted by Crippen LogP contribution is 2.33. The highest BCUT2D eigenvalue weighted by molar-refractivity contribution is 5.95. The molecule has 0 saturated carbocycles. The maximum Gasteiger partial charge on any atom is 0.262 e. The maximum absolute atomic E-state index is 11.3.